The zero-order valence-corrected chi connectivity index (χ0v) is 9.40. The van der Waals surface area contributed by atoms with Gasteiger partial charge in [0.1, 0.15) is 12.2 Å². The van der Waals surface area contributed by atoms with Crippen LogP contribution in [0.5, 0.6) is 0 Å². The van der Waals surface area contributed by atoms with E-state index in [1.54, 1.807) is 0 Å². The molecule has 4 unspecified atom stereocenters. The Kier molecular flexibility index (Phi) is 2.88. The van der Waals surface area contributed by atoms with Gasteiger partial charge in [0.2, 0.25) is 0 Å². The first-order valence-electron chi connectivity index (χ1n) is 5.90. The molecular weight excluding hydrogens is 220 g/mol. The standard InChI is InChI=1S/C13H16O4/c14-10-9(11(15)13-12(10)17-13)7-16-6-8-4-2-1-3-5-8/h1-5,9-15H,6-7H2. The van der Waals surface area contributed by atoms with E-state index in [4.69, 9.17) is 9.47 Å². The van der Waals surface area contributed by atoms with Gasteiger partial charge in [-0.2, -0.15) is 0 Å². The molecule has 0 aromatic heterocycles. The van der Waals surface area contributed by atoms with Crippen LogP contribution in [-0.4, -0.2) is 41.2 Å². The summed E-state index contributed by atoms with van der Waals surface area (Å²) < 4.78 is 10.7. The molecule has 4 atom stereocenters. The Bertz CT molecular complexity index is 366. The fourth-order valence-corrected chi connectivity index (χ4v) is 2.46. The summed E-state index contributed by atoms with van der Waals surface area (Å²) in [6, 6.07) is 9.85. The molecule has 0 amide bonds. The van der Waals surface area contributed by atoms with Gasteiger partial charge in [-0.15, -0.1) is 0 Å². The number of epoxide rings is 1. The van der Waals surface area contributed by atoms with Crippen molar-refractivity contribution in [1.82, 2.24) is 0 Å². The number of fused-ring (bicyclic) bond motifs is 1. The molecule has 4 nitrogen and oxygen atoms in total. The zero-order valence-electron chi connectivity index (χ0n) is 9.40. The van der Waals surface area contributed by atoms with Crippen molar-refractivity contribution >= 4 is 0 Å². The van der Waals surface area contributed by atoms with E-state index >= 15 is 0 Å². The first kappa shape index (κ1) is 11.2. The molecule has 0 radical (unpaired) electrons. The summed E-state index contributed by atoms with van der Waals surface area (Å²) in [5.74, 6) is -0.220. The first-order valence-corrected chi connectivity index (χ1v) is 5.90. The number of rotatable bonds is 4. The predicted octanol–water partition coefficient (Wildman–Crippen LogP) is 0.322. The number of ether oxygens (including phenoxy) is 2. The highest BCUT2D eigenvalue weighted by molar-refractivity contribution is 5.13. The van der Waals surface area contributed by atoms with Crippen LogP contribution in [0.2, 0.25) is 0 Å². The average Bonchev–Trinajstić information content (AvgIpc) is 3.10. The third-order valence-electron chi connectivity index (χ3n) is 3.53. The summed E-state index contributed by atoms with van der Waals surface area (Å²) in [4.78, 5) is 0. The molecule has 1 heterocycles. The van der Waals surface area contributed by atoms with Gasteiger partial charge in [0.05, 0.1) is 25.4 Å². The van der Waals surface area contributed by atoms with E-state index in [0.29, 0.717) is 13.2 Å². The molecule has 4 heteroatoms. The lowest BCUT2D eigenvalue weighted by molar-refractivity contribution is -0.0509. The summed E-state index contributed by atoms with van der Waals surface area (Å²) in [5, 5.41) is 19.6. The number of hydrogen-bond donors (Lipinski definition) is 2. The van der Waals surface area contributed by atoms with E-state index in [0.717, 1.165) is 5.56 Å². The van der Waals surface area contributed by atoms with Crippen molar-refractivity contribution in [3.05, 3.63) is 35.9 Å². The summed E-state index contributed by atoms with van der Waals surface area (Å²) in [6.07, 6.45) is -1.53. The monoisotopic (exact) mass is 236 g/mol. The second-order valence-corrected chi connectivity index (χ2v) is 4.71. The molecule has 1 aromatic rings. The van der Waals surface area contributed by atoms with Crippen LogP contribution in [0.1, 0.15) is 5.56 Å². The van der Waals surface area contributed by atoms with Gasteiger partial charge in [-0.05, 0) is 5.56 Å². The maximum absolute atomic E-state index is 9.80. The number of hydrogen-bond acceptors (Lipinski definition) is 4. The summed E-state index contributed by atoms with van der Waals surface area (Å²) in [6.45, 7) is 0.876. The molecule has 1 aliphatic carbocycles. The fraction of sp³-hybridized carbons (Fsp3) is 0.538. The largest absolute Gasteiger partial charge is 0.390 e. The lowest BCUT2D eigenvalue weighted by Crippen LogP contribution is -2.33. The predicted molar refractivity (Wildman–Crippen MR) is 60.3 cm³/mol. The van der Waals surface area contributed by atoms with Crippen molar-refractivity contribution in [1.29, 1.82) is 0 Å². The van der Waals surface area contributed by atoms with E-state index in [-0.39, 0.29) is 18.1 Å². The van der Waals surface area contributed by atoms with Gasteiger partial charge in [-0.3, -0.25) is 0 Å². The minimum absolute atomic E-state index is 0.171. The Labute approximate surface area is 99.8 Å². The minimum atomic E-state index is -0.592. The van der Waals surface area contributed by atoms with Gasteiger partial charge in [0.25, 0.3) is 0 Å². The van der Waals surface area contributed by atoms with Crippen molar-refractivity contribution in [3.63, 3.8) is 0 Å². The van der Waals surface area contributed by atoms with Crippen LogP contribution in [0.4, 0.5) is 0 Å². The van der Waals surface area contributed by atoms with Gasteiger partial charge in [0, 0.05) is 5.92 Å². The summed E-state index contributed by atoms with van der Waals surface area (Å²) in [5.41, 5.74) is 1.09. The van der Waals surface area contributed by atoms with Gasteiger partial charge in [-0.1, -0.05) is 30.3 Å². The van der Waals surface area contributed by atoms with Crippen molar-refractivity contribution in [2.24, 2.45) is 5.92 Å². The van der Waals surface area contributed by atoms with Crippen LogP contribution >= 0.6 is 0 Å². The Morgan fingerprint density at radius 3 is 2.35 bits per heavy atom. The highest BCUT2D eigenvalue weighted by Crippen LogP contribution is 2.42. The third kappa shape index (κ3) is 2.09. The molecule has 2 N–H and O–H groups in total. The van der Waals surface area contributed by atoms with Crippen LogP contribution < -0.4 is 0 Å². The van der Waals surface area contributed by atoms with E-state index < -0.39 is 12.2 Å². The van der Waals surface area contributed by atoms with Gasteiger partial charge in [0.15, 0.2) is 0 Å². The molecule has 1 aliphatic heterocycles. The van der Waals surface area contributed by atoms with Gasteiger partial charge in [-0.25, -0.2) is 0 Å². The number of benzene rings is 1. The van der Waals surface area contributed by atoms with Gasteiger partial charge < -0.3 is 19.7 Å². The SMILES string of the molecule is OC1C(COCc2ccccc2)C(O)C2OC12. The van der Waals surface area contributed by atoms with Crippen molar-refractivity contribution < 1.29 is 19.7 Å². The van der Waals surface area contributed by atoms with E-state index in [9.17, 15) is 10.2 Å². The Morgan fingerprint density at radius 1 is 1.06 bits per heavy atom. The maximum atomic E-state index is 9.80. The van der Waals surface area contributed by atoms with Crippen molar-refractivity contribution in [3.8, 4) is 0 Å². The maximum Gasteiger partial charge on any atom is 0.113 e. The second-order valence-electron chi connectivity index (χ2n) is 4.71. The van der Waals surface area contributed by atoms with Crippen LogP contribution in [-0.2, 0) is 16.1 Å². The zero-order chi connectivity index (χ0) is 11.8. The highest BCUT2D eigenvalue weighted by Gasteiger charge is 2.61. The van der Waals surface area contributed by atoms with Gasteiger partial charge >= 0.3 is 0 Å². The molecule has 2 aliphatic rings. The van der Waals surface area contributed by atoms with Crippen LogP contribution in [0.15, 0.2) is 30.3 Å². The topological polar surface area (TPSA) is 62.2 Å². The lowest BCUT2D eigenvalue weighted by Gasteiger charge is -2.20. The van der Waals surface area contributed by atoms with E-state index in [1.165, 1.54) is 0 Å². The molecule has 0 bridgehead atoms. The minimum Gasteiger partial charge on any atom is -0.390 e. The normalized spacial score (nSPS) is 39.1. The molecule has 1 saturated carbocycles. The highest BCUT2D eigenvalue weighted by atomic mass is 16.6. The Hall–Kier alpha value is -0.940. The van der Waals surface area contributed by atoms with Crippen molar-refractivity contribution in [2.45, 2.75) is 31.0 Å². The third-order valence-corrected chi connectivity index (χ3v) is 3.53. The molecule has 17 heavy (non-hydrogen) atoms. The van der Waals surface area contributed by atoms with Crippen LogP contribution in [0.3, 0.4) is 0 Å². The molecule has 0 spiro atoms. The average molecular weight is 236 g/mol. The Morgan fingerprint density at radius 2 is 1.71 bits per heavy atom. The Balaban J connectivity index is 1.49. The fourth-order valence-electron chi connectivity index (χ4n) is 2.46. The first-order chi connectivity index (χ1) is 8.27. The number of aliphatic hydroxyl groups is 2. The number of aliphatic hydroxyl groups excluding tert-OH is 2. The quantitative estimate of drug-likeness (QED) is 0.739. The molecule has 1 saturated heterocycles. The van der Waals surface area contributed by atoms with Crippen LogP contribution in [0, 0.1) is 5.92 Å². The van der Waals surface area contributed by atoms with Crippen LogP contribution in [0.25, 0.3) is 0 Å². The smallest absolute Gasteiger partial charge is 0.113 e. The van der Waals surface area contributed by atoms with E-state index in [2.05, 4.69) is 0 Å². The molecule has 92 valence electrons. The molecule has 3 rings (SSSR count). The van der Waals surface area contributed by atoms with E-state index in [1.807, 2.05) is 30.3 Å². The second kappa shape index (κ2) is 4.38. The molecule has 2 fully saturated rings. The lowest BCUT2D eigenvalue weighted by atomic mass is 10.0. The summed E-state index contributed by atoms with van der Waals surface area (Å²) in [7, 11) is 0. The molecule has 1 aromatic carbocycles. The summed E-state index contributed by atoms with van der Waals surface area (Å²) >= 11 is 0. The molecular formula is C13H16O4. The van der Waals surface area contributed by atoms with Crippen molar-refractivity contribution in [2.75, 3.05) is 6.61 Å².